The minimum absolute atomic E-state index is 0.00732. The minimum Gasteiger partial charge on any atom is -0.497 e. The molecule has 0 unspecified atom stereocenters. The van der Waals surface area contributed by atoms with Crippen LogP contribution in [0, 0.1) is 6.92 Å². The number of rotatable bonds is 10. The van der Waals surface area contributed by atoms with Crippen molar-refractivity contribution >= 4 is 50.1 Å². The number of methoxy groups -OCH3 is 2. The summed E-state index contributed by atoms with van der Waals surface area (Å²) in [5, 5.41) is 0.495. The second kappa shape index (κ2) is 15.1. The summed E-state index contributed by atoms with van der Waals surface area (Å²) in [6, 6.07) is 20.0. The minimum atomic E-state index is -4.75. The largest absolute Gasteiger partial charge is 0.497 e. The van der Waals surface area contributed by atoms with E-state index >= 15 is 13.2 Å². The molecule has 3 aromatic heterocycles. The van der Waals surface area contributed by atoms with E-state index in [0.29, 0.717) is 60.2 Å². The molecule has 0 bridgehead atoms. The van der Waals surface area contributed by atoms with Crippen LogP contribution in [0.5, 0.6) is 17.2 Å². The van der Waals surface area contributed by atoms with Gasteiger partial charge in [-0.25, -0.2) is 15.0 Å². The van der Waals surface area contributed by atoms with Gasteiger partial charge in [-0.05, 0) is 87.6 Å². The molecule has 0 N–H and O–H groups in total. The molecule has 3 aromatic carbocycles. The summed E-state index contributed by atoms with van der Waals surface area (Å²) in [6.45, 7) is 3.21. The van der Waals surface area contributed by atoms with Crippen LogP contribution in [0.2, 0.25) is 5.02 Å². The molecule has 0 atom stereocenters. The number of alkyl halides is 3. The van der Waals surface area contributed by atoms with Crippen LogP contribution in [0.25, 0.3) is 22.2 Å². The van der Waals surface area contributed by atoms with E-state index in [1.54, 1.807) is 26.6 Å². The number of hydrogen-bond acceptors (Lipinski definition) is 9. The molecule has 0 spiro atoms. The highest BCUT2D eigenvalue weighted by Crippen LogP contribution is 2.48. The van der Waals surface area contributed by atoms with Crippen LogP contribution in [0.15, 0.2) is 89.9 Å². The summed E-state index contributed by atoms with van der Waals surface area (Å²) in [6.07, 6.45) is 0.104. The van der Waals surface area contributed by atoms with Crippen molar-refractivity contribution < 1.29 is 27.4 Å². The lowest BCUT2D eigenvalue weighted by molar-refractivity contribution is -0.137. The van der Waals surface area contributed by atoms with Crippen LogP contribution < -0.4 is 24.0 Å². The maximum Gasteiger partial charge on any atom is 0.418 e. The molecular formula is C39H33BrClF3N6O3. The molecule has 14 heteroatoms. The van der Waals surface area contributed by atoms with Gasteiger partial charge in [0.1, 0.15) is 36.1 Å². The van der Waals surface area contributed by atoms with E-state index < -0.39 is 11.7 Å². The second-order valence-electron chi connectivity index (χ2n) is 12.5. The van der Waals surface area contributed by atoms with Gasteiger partial charge in [0.2, 0.25) is 0 Å². The first-order valence-corrected chi connectivity index (χ1v) is 17.7. The van der Waals surface area contributed by atoms with E-state index in [-0.39, 0.29) is 34.2 Å². The van der Waals surface area contributed by atoms with Crippen molar-refractivity contribution in [3.8, 4) is 28.5 Å². The fourth-order valence-electron chi connectivity index (χ4n) is 6.47. The van der Waals surface area contributed by atoms with Gasteiger partial charge < -0.3 is 24.0 Å². The summed E-state index contributed by atoms with van der Waals surface area (Å²) in [5.41, 5.74) is 1.94. The van der Waals surface area contributed by atoms with Gasteiger partial charge in [0.05, 0.1) is 47.9 Å². The van der Waals surface area contributed by atoms with Crippen LogP contribution in [-0.2, 0) is 25.8 Å². The second-order valence-corrected chi connectivity index (χ2v) is 13.8. The normalized spacial score (nSPS) is 12.7. The third-order valence-corrected chi connectivity index (χ3v) is 9.78. The van der Waals surface area contributed by atoms with Gasteiger partial charge in [0, 0.05) is 42.1 Å². The van der Waals surface area contributed by atoms with Crippen molar-refractivity contribution in [2.24, 2.45) is 0 Å². The Balaban J connectivity index is 1.37. The molecule has 4 heterocycles. The average molecular weight is 806 g/mol. The highest BCUT2D eigenvalue weighted by Gasteiger charge is 2.39. The SMILES string of the molecule is COc1ccc(CN(Cc2ccc(OC)cc2)c2cc(C)c(C(F)(F)F)c(-c3cc4ncnc5c4c(c3Cl)OCCN5Cc3cncc(Br)c3)n2)cc1. The molecule has 272 valence electrons. The maximum absolute atomic E-state index is 15.0. The van der Waals surface area contributed by atoms with E-state index in [2.05, 4.69) is 30.9 Å². The van der Waals surface area contributed by atoms with Gasteiger partial charge in [-0.1, -0.05) is 35.9 Å². The van der Waals surface area contributed by atoms with Gasteiger partial charge in [-0.3, -0.25) is 4.98 Å². The first-order valence-electron chi connectivity index (χ1n) is 16.6. The van der Waals surface area contributed by atoms with Gasteiger partial charge in [-0.2, -0.15) is 13.2 Å². The van der Waals surface area contributed by atoms with Crippen LogP contribution in [-0.4, -0.2) is 47.3 Å². The number of ether oxygens (including phenoxy) is 3. The monoisotopic (exact) mass is 804 g/mol. The summed E-state index contributed by atoms with van der Waals surface area (Å²) >= 11 is 10.6. The molecule has 1 aliphatic heterocycles. The summed E-state index contributed by atoms with van der Waals surface area (Å²) in [7, 11) is 3.18. The smallest absolute Gasteiger partial charge is 0.418 e. The van der Waals surface area contributed by atoms with Gasteiger partial charge >= 0.3 is 6.18 Å². The fourth-order valence-corrected chi connectivity index (χ4v) is 7.17. The van der Waals surface area contributed by atoms with E-state index in [4.69, 9.17) is 30.8 Å². The van der Waals surface area contributed by atoms with Crippen molar-refractivity contribution in [2.75, 3.05) is 37.2 Å². The standard InChI is InChI=1S/C39H33BrClF3N6O3/c1-23-14-32(50(19-24-4-8-28(51-2)9-5-24)20-25-6-10-29(52-3)11-7-25)48-36(34(23)39(42,43)44)30-16-31-33-37(35(30)41)53-13-12-49(38(33)47-22-46-31)21-26-15-27(40)18-45-17-26/h4-11,14-18,22H,12-13,19-21H2,1-3H3. The molecule has 0 saturated heterocycles. The number of benzene rings is 3. The number of pyridine rings is 2. The Morgan fingerprint density at radius 1 is 0.906 bits per heavy atom. The Bertz CT molecular complexity index is 2230. The quantitative estimate of drug-likeness (QED) is 0.135. The van der Waals surface area contributed by atoms with Crippen LogP contribution >= 0.6 is 27.5 Å². The highest BCUT2D eigenvalue weighted by molar-refractivity contribution is 9.10. The molecule has 0 saturated carbocycles. The number of aryl methyl sites for hydroxylation is 1. The number of hydrogen-bond donors (Lipinski definition) is 0. The number of anilines is 2. The van der Waals surface area contributed by atoms with Crippen LogP contribution in [0.1, 0.15) is 27.8 Å². The van der Waals surface area contributed by atoms with Crippen molar-refractivity contribution in [2.45, 2.75) is 32.7 Å². The topological polar surface area (TPSA) is 85.7 Å². The molecule has 7 rings (SSSR count). The first-order chi connectivity index (χ1) is 25.5. The predicted molar refractivity (Wildman–Crippen MR) is 202 cm³/mol. The Labute approximate surface area is 317 Å². The fraction of sp³-hybridized carbons (Fsp3) is 0.231. The van der Waals surface area contributed by atoms with Crippen molar-refractivity contribution in [3.05, 3.63) is 123 Å². The van der Waals surface area contributed by atoms with Crippen molar-refractivity contribution in [1.29, 1.82) is 0 Å². The third kappa shape index (κ3) is 7.67. The zero-order chi connectivity index (χ0) is 37.3. The first kappa shape index (κ1) is 36.2. The number of nitrogens with zero attached hydrogens (tertiary/aromatic N) is 6. The molecule has 0 radical (unpaired) electrons. The highest BCUT2D eigenvalue weighted by atomic mass is 79.9. The van der Waals surface area contributed by atoms with Crippen LogP contribution in [0.4, 0.5) is 24.8 Å². The lowest BCUT2D eigenvalue weighted by Crippen LogP contribution is -2.27. The predicted octanol–water partition coefficient (Wildman–Crippen LogP) is 9.45. The Morgan fingerprint density at radius 3 is 2.17 bits per heavy atom. The summed E-state index contributed by atoms with van der Waals surface area (Å²) in [5.74, 6) is 2.46. The molecule has 0 amide bonds. The number of halogens is 5. The Kier molecular flexibility index (Phi) is 10.3. The van der Waals surface area contributed by atoms with Gasteiger partial charge in [0.15, 0.2) is 5.75 Å². The zero-order valence-electron chi connectivity index (χ0n) is 28.9. The Hall–Kier alpha value is -5.14. The van der Waals surface area contributed by atoms with E-state index in [0.717, 1.165) is 21.2 Å². The van der Waals surface area contributed by atoms with Crippen molar-refractivity contribution in [1.82, 2.24) is 19.9 Å². The maximum atomic E-state index is 15.0. The van der Waals surface area contributed by atoms with E-state index in [9.17, 15) is 0 Å². The molecule has 6 aromatic rings. The zero-order valence-corrected chi connectivity index (χ0v) is 31.3. The van der Waals surface area contributed by atoms with E-state index in [1.165, 1.54) is 25.4 Å². The molecule has 53 heavy (non-hydrogen) atoms. The molecule has 0 fully saturated rings. The molecular weight excluding hydrogens is 773 g/mol. The van der Waals surface area contributed by atoms with E-state index in [1.807, 2.05) is 64.4 Å². The number of aromatic nitrogens is 4. The molecule has 9 nitrogen and oxygen atoms in total. The summed E-state index contributed by atoms with van der Waals surface area (Å²) < 4.78 is 62.8. The lowest BCUT2D eigenvalue weighted by atomic mass is 9.98. The average Bonchev–Trinajstić information content (AvgIpc) is 3.33. The summed E-state index contributed by atoms with van der Waals surface area (Å²) in [4.78, 5) is 22.0. The van der Waals surface area contributed by atoms with Crippen molar-refractivity contribution in [3.63, 3.8) is 0 Å². The van der Waals surface area contributed by atoms with Crippen LogP contribution in [0.3, 0.4) is 0 Å². The third-order valence-electron chi connectivity index (χ3n) is 8.97. The molecule has 1 aliphatic rings. The van der Waals surface area contributed by atoms with Gasteiger partial charge in [0.25, 0.3) is 0 Å². The lowest BCUT2D eigenvalue weighted by Gasteiger charge is -2.27. The van der Waals surface area contributed by atoms with Gasteiger partial charge in [-0.15, -0.1) is 0 Å². The Morgan fingerprint density at radius 2 is 1.57 bits per heavy atom. The molecule has 0 aliphatic carbocycles.